The largest absolute Gasteiger partial charge is 0.382 e. The second-order valence-electron chi connectivity index (χ2n) is 4.82. The number of carbonyl (C=O) groups is 1. The SMILES string of the molecule is Nc1ncc(-c2ccc(F)cc2)nc1C(=O)Nc1ccccc1.[HH].[HH]. The van der Waals surface area contributed by atoms with E-state index >= 15 is 0 Å². The Labute approximate surface area is 135 Å². The molecule has 3 aromatic rings. The second-order valence-corrected chi connectivity index (χ2v) is 4.82. The first-order valence-corrected chi connectivity index (χ1v) is 6.88. The second kappa shape index (κ2) is 6.23. The summed E-state index contributed by atoms with van der Waals surface area (Å²) in [5, 5.41) is 2.71. The van der Waals surface area contributed by atoms with Crippen LogP contribution in [0.5, 0.6) is 0 Å². The third-order valence-electron chi connectivity index (χ3n) is 3.19. The number of hydrogen-bond acceptors (Lipinski definition) is 4. The highest BCUT2D eigenvalue weighted by Gasteiger charge is 2.15. The lowest BCUT2D eigenvalue weighted by Crippen LogP contribution is -2.17. The Bertz CT molecular complexity index is 845. The summed E-state index contributed by atoms with van der Waals surface area (Å²) in [5.74, 6) is -0.770. The van der Waals surface area contributed by atoms with Gasteiger partial charge in [0.2, 0.25) is 0 Å². The molecule has 118 valence electrons. The number of amides is 1. The molecule has 0 spiro atoms. The summed E-state index contributed by atoms with van der Waals surface area (Å²) in [4.78, 5) is 20.6. The van der Waals surface area contributed by atoms with Crippen molar-refractivity contribution in [2.75, 3.05) is 11.1 Å². The first-order chi connectivity index (χ1) is 11.1. The van der Waals surface area contributed by atoms with Crippen molar-refractivity contribution in [2.45, 2.75) is 0 Å². The van der Waals surface area contributed by atoms with Gasteiger partial charge in [-0.2, -0.15) is 0 Å². The molecular formula is C17H17FN4O. The van der Waals surface area contributed by atoms with Gasteiger partial charge in [0.1, 0.15) is 5.82 Å². The van der Waals surface area contributed by atoms with Crippen molar-refractivity contribution >= 4 is 17.4 Å². The lowest BCUT2D eigenvalue weighted by atomic mass is 10.1. The number of aromatic nitrogens is 2. The highest BCUT2D eigenvalue weighted by molar-refractivity contribution is 6.05. The van der Waals surface area contributed by atoms with Crippen molar-refractivity contribution in [1.29, 1.82) is 0 Å². The lowest BCUT2D eigenvalue weighted by Gasteiger charge is -2.08. The van der Waals surface area contributed by atoms with Gasteiger partial charge in [-0.3, -0.25) is 4.79 Å². The molecule has 0 fully saturated rings. The predicted molar refractivity (Wildman–Crippen MR) is 90.5 cm³/mol. The van der Waals surface area contributed by atoms with E-state index in [1.54, 1.807) is 36.4 Å². The van der Waals surface area contributed by atoms with E-state index in [1.165, 1.54) is 18.3 Å². The topological polar surface area (TPSA) is 80.9 Å². The first kappa shape index (κ1) is 14.6. The van der Waals surface area contributed by atoms with E-state index in [2.05, 4.69) is 15.3 Å². The number of rotatable bonds is 3. The van der Waals surface area contributed by atoms with E-state index < -0.39 is 5.91 Å². The van der Waals surface area contributed by atoms with E-state index in [-0.39, 0.29) is 20.2 Å². The molecule has 0 unspecified atom stereocenters. The predicted octanol–water partition coefficient (Wildman–Crippen LogP) is 3.61. The van der Waals surface area contributed by atoms with Crippen LogP contribution in [0.25, 0.3) is 11.3 Å². The fraction of sp³-hybridized carbons (Fsp3) is 0. The average Bonchev–Trinajstić information content (AvgIpc) is 2.57. The minimum atomic E-state index is -0.454. The highest BCUT2D eigenvalue weighted by Crippen LogP contribution is 2.19. The van der Waals surface area contributed by atoms with Crippen LogP contribution in [0.2, 0.25) is 0 Å². The minimum Gasteiger partial charge on any atom is -0.382 e. The van der Waals surface area contributed by atoms with Crippen LogP contribution in [-0.2, 0) is 0 Å². The molecule has 6 heteroatoms. The molecule has 0 saturated heterocycles. The van der Waals surface area contributed by atoms with Crippen molar-refractivity contribution in [2.24, 2.45) is 0 Å². The maximum Gasteiger partial charge on any atom is 0.278 e. The van der Waals surface area contributed by atoms with Crippen LogP contribution in [-0.4, -0.2) is 15.9 Å². The molecule has 3 rings (SSSR count). The summed E-state index contributed by atoms with van der Waals surface area (Å²) < 4.78 is 13.0. The maximum absolute atomic E-state index is 13.0. The summed E-state index contributed by atoms with van der Waals surface area (Å²) in [6.07, 6.45) is 1.45. The van der Waals surface area contributed by atoms with Gasteiger partial charge in [-0.05, 0) is 36.4 Å². The summed E-state index contributed by atoms with van der Waals surface area (Å²) in [6.45, 7) is 0. The number of nitrogens with zero attached hydrogens (tertiary/aromatic N) is 2. The molecule has 23 heavy (non-hydrogen) atoms. The van der Waals surface area contributed by atoms with Crippen molar-refractivity contribution in [1.82, 2.24) is 9.97 Å². The zero-order valence-electron chi connectivity index (χ0n) is 12.0. The number of hydrogen-bond donors (Lipinski definition) is 2. The van der Waals surface area contributed by atoms with E-state index in [9.17, 15) is 9.18 Å². The lowest BCUT2D eigenvalue weighted by molar-refractivity contribution is 0.102. The van der Waals surface area contributed by atoms with Crippen LogP contribution in [0, 0.1) is 5.82 Å². The number of nitrogens with two attached hydrogens (primary N) is 1. The third kappa shape index (κ3) is 3.32. The minimum absolute atomic E-state index is 0. The van der Waals surface area contributed by atoms with E-state index in [0.29, 0.717) is 16.9 Å². The molecule has 1 heterocycles. The van der Waals surface area contributed by atoms with Crippen LogP contribution in [0.15, 0.2) is 60.8 Å². The number of anilines is 2. The number of para-hydroxylation sites is 1. The van der Waals surface area contributed by atoms with Crippen molar-refractivity contribution < 1.29 is 12.0 Å². The smallest absolute Gasteiger partial charge is 0.278 e. The molecule has 0 aliphatic rings. The molecule has 0 saturated carbocycles. The number of nitrogen functional groups attached to an aromatic ring is 1. The molecule has 0 radical (unpaired) electrons. The van der Waals surface area contributed by atoms with Crippen LogP contribution in [0.1, 0.15) is 13.3 Å². The van der Waals surface area contributed by atoms with Crippen LogP contribution in [0.4, 0.5) is 15.9 Å². The Balaban J connectivity index is 0.00000156. The van der Waals surface area contributed by atoms with Gasteiger partial charge >= 0.3 is 0 Å². The molecule has 0 aliphatic carbocycles. The monoisotopic (exact) mass is 312 g/mol. The summed E-state index contributed by atoms with van der Waals surface area (Å²) in [6, 6.07) is 14.7. The van der Waals surface area contributed by atoms with Gasteiger partial charge in [-0.25, -0.2) is 14.4 Å². The molecule has 0 bridgehead atoms. The molecule has 1 aromatic heterocycles. The van der Waals surface area contributed by atoms with Crippen molar-refractivity contribution in [3.05, 3.63) is 72.3 Å². The number of halogens is 1. The standard InChI is InChI=1S/C17H13FN4O.2H2/c18-12-8-6-11(7-9-12)14-10-20-16(19)15(22-14)17(23)21-13-4-2-1-3-5-13;;/h1-10H,(H2,19,20)(H,21,23);2*1H. The van der Waals surface area contributed by atoms with Gasteiger partial charge < -0.3 is 11.1 Å². The number of benzene rings is 2. The first-order valence-electron chi connectivity index (χ1n) is 6.88. The fourth-order valence-corrected chi connectivity index (χ4v) is 2.04. The number of nitrogens with one attached hydrogen (secondary N) is 1. The van der Waals surface area contributed by atoms with Gasteiger partial charge in [0.05, 0.1) is 11.9 Å². The van der Waals surface area contributed by atoms with Gasteiger partial charge in [-0.1, -0.05) is 18.2 Å². The van der Waals surface area contributed by atoms with Crippen LogP contribution < -0.4 is 11.1 Å². The van der Waals surface area contributed by atoms with Crippen LogP contribution >= 0.6 is 0 Å². The molecule has 1 amide bonds. The Morgan fingerprint density at radius 3 is 2.48 bits per heavy atom. The van der Waals surface area contributed by atoms with Crippen LogP contribution in [0.3, 0.4) is 0 Å². The van der Waals surface area contributed by atoms with Crippen molar-refractivity contribution in [3.8, 4) is 11.3 Å². The normalized spacial score (nSPS) is 10.3. The van der Waals surface area contributed by atoms with Gasteiger partial charge in [0, 0.05) is 14.1 Å². The van der Waals surface area contributed by atoms with E-state index in [1.807, 2.05) is 6.07 Å². The molecule has 0 atom stereocenters. The maximum atomic E-state index is 13.0. The molecule has 2 aromatic carbocycles. The Kier molecular flexibility index (Phi) is 3.97. The summed E-state index contributed by atoms with van der Waals surface area (Å²) in [7, 11) is 0. The quantitative estimate of drug-likeness (QED) is 0.774. The summed E-state index contributed by atoms with van der Waals surface area (Å²) >= 11 is 0. The van der Waals surface area contributed by atoms with E-state index in [0.717, 1.165) is 0 Å². The number of carbonyl (C=O) groups excluding carboxylic acids is 1. The van der Waals surface area contributed by atoms with E-state index in [4.69, 9.17) is 5.73 Å². The average molecular weight is 312 g/mol. The van der Waals surface area contributed by atoms with Gasteiger partial charge in [0.15, 0.2) is 11.5 Å². The Hall–Kier alpha value is -3.28. The Morgan fingerprint density at radius 2 is 1.78 bits per heavy atom. The Morgan fingerprint density at radius 1 is 1.09 bits per heavy atom. The molecule has 3 N–H and O–H groups in total. The fourth-order valence-electron chi connectivity index (χ4n) is 2.04. The zero-order valence-corrected chi connectivity index (χ0v) is 12.0. The molecular weight excluding hydrogens is 295 g/mol. The highest BCUT2D eigenvalue weighted by atomic mass is 19.1. The zero-order chi connectivity index (χ0) is 16.2. The van der Waals surface area contributed by atoms with Gasteiger partial charge in [-0.15, -0.1) is 0 Å². The van der Waals surface area contributed by atoms with Crippen molar-refractivity contribution in [3.63, 3.8) is 0 Å². The summed E-state index contributed by atoms with van der Waals surface area (Å²) in [5.41, 5.74) is 7.49. The third-order valence-corrected chi connectivity index (χ3v) is 3.19. The van der Waals surface area contributed by atoms with Gasteiger partial charge in [0.25, 0.3) is 5.91 Å². The molecule has 0 aliphatic heterocycles. The molecule has 5 nitrogen and oxygen atoms in total.